The minimum absolute atomic E-state index is 0.458. The highest BCUT2D eigenvalue weighted by Gasteiger charge is 2.06. The van der Waals surface area contributed by atoms with Gasteiger partial charge in [-0.3, -0.25) is 4.98 Å². The summed E-state index contributed by atoms with van der Waals surface area (Å²) in [5.74, 6) is 1.80. The Labute approximate surface area is 112 Å². The van der Waals surface area contributed by atoms with Gasteiger partial charge in [-0.1, -0.05) is 12.1 Å². The molecule has 5 nitrogen and oxygen atoms in total. The van der Waals surface area contributed by atoms with Crippen LogP contribution in [0.1, 0.15) is 12.6 Å². The highest BCUT2D eigenvalue weighted by molar-refractivity contribution is 5.41. The second-order valence-corrected chi connectivity index (χ2v) is 3.86. The van der Waals surface area contributed by atoms with Gasteiger partial charge >= 0.3 is 0 Å². The van der Waals surface area contributed by atoms with Crippen LogP contribution in [-0.2, 0) is 6.54 Å². The molecule has 5 heteroatoms. The normalized spacial score (nSPS) is 10.2. The van der Waals surface area contributed by atoms with E-state index < -0.39 is 0 Å². The summed E-state index contributed by atoms with van der Waals surface area (Å²) in [6, 6.07) is 7.50. The zero-order chi connectivity index (χ0) is 13.5. The lowest BCUT2D eigenvalue weighted by Crippen LogP contribution is -2.07. The Morgan fingerprint density at radius 3 is 2.68 bits per heavy atom. The lowest BCUT2D eigenvalue weighted by Gasteiger charge is -2.10. The van der Waals surface area contributed by atoms with Crippen molar-refractivity contribution < 1.29 is 9.47 Å². The molecule has 2 aromatic rings. The molecule has 100 valence electrons. The number of rotatable bonds is 6. The van der Waals surface area contributed by atoms with E-state index in [0.29, 0.717) is 30.5 Å². The Kier molecular flexibility index (Phi) is 4.69. The van der Waals surface area contributed by atoms with Crippen molar-refractivity contribution in [2.24, 2.45) is 0 Å². The first-order chi connectivity index (χ1) is 9.33. The monoisotopic (exact) mass is 259 g/mol. The Hall–Kier alpha value is -2.14. The second kappa shape index (κ2) is 6.70. The summed E-state index contributed by atoms with van der Waals surface area (Å²) in [6.45, 7) is 3.17. The van der Waals surface area contributed by atoms with E-state index >= 15 is 0 Å². The lowest BCUT2D eigenvalue weighted by atomic mass is 10.3. The van der Waals surface area contributed by atoms with Gasteiger partial charge in [0.1, 0.15) is 0 Å². The average Bonchev–Trinajstić information content (AvgIpc) is 2.42. The molecule has 0 amide bonds. The number of aromatic nitrogens is 2. The first kappa shape index (κ1) is 13.3. The van der Waals surface area contributed by atoms with Crippen molar-refractivity contribution in [1.82, 2.24) is 15.3 Å². The average molecular weight is 259 g/mol. The van der Waals surface area contributed by atoms with Gasteiger partial charge in [-0.05, 0) is 26.1 Å². The number of para-hydroxylation sites is 2. The van der Waals surface area contributed by atoms with Crippen molar-refractivity contribution in [3.8, 4) is 17.4 Å². The number of nitrogens with zero attached hydrogens (tertiary/aromatic N) is 2. The van der Waals surface area contributed by atoms with Gasteiger partial charge in [0.15, 0.2) is 11.5 Å². The minimum Gasteiger partial charge on any atom is -0.490 e. The molecule has 0 fully saturated rings. The van der Waals surface area contributed by atoms with Crippen LogP contribution in [0.5, 0.6) is 17.4 Å². The zero-order valence-corrected chi connectivity index (χ0v) is 11.1. The van der Waals surface area contributed by atoms with Gasteiger partial charge in [0.25, 0.3) is 0 Å². The number of hydrogen-bond acceptors (Lipinski definition) is 5. The van der Waals surface area contributed by atoms with Crippen molar-refractivity contribution >= 4 is 0 Å². The zero-order valence-electron chi connectivity index (χ0n) is 11.1. The summed E-state index contributed by atoms with van der Waals surface area (Å²) in [7, 11) is 1.86. The van der Waals surface area contributed by atoms with Crippen LogP contribution in [0.25, 0.3) is 0 Å². The molecule has 0 aliphatic carbocycles. The van der Waals surface area contributed by atoms with Gasteiger partial charge in [0.2, 0.25) is 5.88 Å². The van der Waals surface area contributed by atoms with Gasteiger partial charge in [-0.2, -0.15) is 0 Å². The lowest BCUT2D eigenvalue weighted by molar-refractivity contribution is 0.319. The van der Waals surface area contributed by atoms with Crippen LogP contribution in [0, 0.1) is 0 Å². The molecule has 1 aromatic carbocycles. The van der Waals surface area contributed by atoms with E-state index in [1.165, 1.54) is 0 Å². The predicted octanol–water partition coefficient (Wildman–Crippen LogP) is 2.39. The molecule has 1 aromatic heterocycles. The van der Waals surface area contributed by atoms with Crippen molar-refractivity contribution in [3.05, 3.63) is 42.4 Å². The number of hydrogen-bond donors (Lipinski definition) is 1. The third-order valence-corrected chi connectivity index (χ3v) is 2.38. The fourth-order valence-corrected chi connectivity index (χ4v) is 1.62. The molecule has 0 bridgehead atoms. The Bertz CT molecular complexity index is 532. The van der Waals surface area contributed by atoms with Crippen molar-refractivity contribution in [2.45, 2.75) is 13.5 Å². The topological polar surface area (TPSA) is 56.3 Å². The summed E-state index contributed by atoms with van der Waals surface area (Å²) >= 11 is 0. The second-order valence-electron chi connectivity index (χ2n) is 3.86. The standard InChI is InChI=1S/C14H17N3O2/c1-3-18-12-6-4-5-7-13(12)19-14-10-16-9-11(17-14)8-15-2/h4-7,9-10,15H,3,8H2,1-2H3. The molecule has 0 radical (unpaired) electrons. The molecule has 1 heterocycles. The van der Waals surface area contributed by atoms with Crippen LogP contribution in [-0.4, -0.2) is 23.6 Å². The smallest absolute Gasteiger partial charge is 0.238 e. The van der Waals surface area contributed by atoms with E-state index in [2.05, 4.69) is 15.3 Å². The van der Waals surface area contributed by atoms with Gasteiger partial charge in [0.05, 0.1) is 18.5 Å². The first-order valence-electron chi connectivity index (χ1n) is 6.18. The van der Waals surface area contributed by atoms with Crippen molar-refractivity contribution in [2.75, 3.05) is 13.7 Å². The summed E-state index contributed by atoms with van der Waals surface area (Å²) in [6.07, 6.45) is 3.29. The Balaban J connectivity index is 2.18. The van der Waals surface area contributed by atoms with E-state index in [9.17, 15) is 0 Å². The number of ether oxygens (including phenoxy) is 2. The van der Waals surface area contributed by atoms with Gasteiger partial charge in [-0.25, -0.2) is 4.98 Å². The molecular weight excluding hydrogens is 242 g/mol. The molecule has 0 aliphatic heterocycles. The molecular formula is C14H17N3O2. The molecule has 0 aliphatic rings. The number of benzene rings is 1. The van der Waals surface area contributed by atoms with Crippen LogP contribution in [0.15, 0.2) is 36.7 Å². The Morgan fingerprint density at radius 1 is 1.16 bits per heavy atom. The van der Waals surface area contributed by atoms with Crippen LogP contribution >= 0.6 is 0 Å². The quantitative estimate of drug-likeness (QED) is 0.863. The minimum atomic E-state index is 0.458. The van der Waals surface area contributed by atoms with E-state index in [-0.39, 0.29) is 0 Å². The first-order valence-corrected chi connectivity index (χ1v) is 6.18. The molecule has 0 saturated heterocycles. The largest absolute Gasteiger partial charge is 0.490 e. The number of nitrogens with one attached hydrogen (secondary N) is 1. The summed E-state index contributed by atoms with van der Waals surface area (Å²) in [5.41, 5.74) is 0.828. The highest BCUT2D eigenvalue weighted by Crippen LogP contribution is 2.30. The SMILES string of the molecule is CCOc1ccccc1Oc1cncc(CNC)n1. The van der Waals surface area contributed by atoms with E-state index in [1.807, 2.05) is 38.2 Å². The Morgan fingerprint density at radius 2 is 1.95 bits per heavy atom. The van der Waals surface area contributed by atoms with Gasteiger partial charge in [0, 0.05) is 12.7 Å². The van der Waals surface area contributed by atoms with Crippen molar-refractivity contribution in [3.63, 3.8) is 0 Å². The van der Waals surface area contributed by atoms with E-state index in [4.69, 9.17) is 9.47 Å². The maximum absolute atomic E-state index is 5.72. The summed E-state index contributed by atoms with van der Waals surface area (Å²) < 4.78 is 11.2. The van der Waals surface area contributed by atoms with E-state index in [1.54, 1.807) is 12.4 Å². The summed E-state index contributed by atoms with van der Waals surface area (Å²) in [5, 5.41) is 3.02. The molecule has 0 unspecified atom stereocenters. The molecule has 1 N–H and O–H groups in total. The van der Waals surface area contributed by atoms with Crippen LogP contribution < -0.4 is 14.8 Å². The fourth-order valence-electron chi connectivity index (χ4n) is 1.62. The molecule has 2 rings (SSSR count). The van der Waals surface area contributed by atoms with Gasteiger partial charge in [-0.15, -0.1) is 0 Å². The third-order valence-electron chi connectivity index (χ3n) is 2.38. The fraction of sp³-hybridized carbons (Fsp3) is 0.286. The van der Waals surface area contributed by atoms with Crippen LogP contribution in [0.4, 0.5) is 0 Å². The summed E-state index contributed by atoms with van der Waals surface area (Å²) in [4.78, 5) is 8.46. The molecule has 0 spiro atoms. The molecule has 0 saturated carbocycles. The maximum atomic E-state index is 5.72. The van der Waals surface area contributed by atoms with Crippen LogP contribution in [0.2, 0.25) is 0 Å². The van der Waals surface area contributed by atoms with Crippen LogP contribution in [0.3, 0.4) is 0 Å². The molecule has 0 atom stereocenters. The highest BCUT2D eigenvalue weighted by atomic mass is 16.5. The van der Waals surface area contributed by atoms with E-state index in [0.717, 1.165) is 5.69 Å². The maximum Gasteiger partial charge on any atom is 0.238 e. The third kappa shape index (κ3) is 3.66. The predicted molar refractivity (Wildman–Crippen MR) is 72.5 cm³/mol. The van der Waals surface area contributed by atoms with Gasteiger partial charge < -0.3 is 14.8 Å². The molecule has 19 heavy (non-hydrogen) atoms. The van der Waals surface area contributed by atoms with Crippen molar-refractivity contribution in [1.29, 1.82) is 0 Å².